The molecular weight excluding hydrogens is 362 g/mol. The summed E-state index contributed by atoms with van der Waals surface area (Å²) in [6.07, 6.45) is 0.997. The van der Waals surface area contributed by atoms with Crippen LogP contribution >= 0.6 is 0 Å². The lowest BCUT2D eigenvalue weighted by Gasteiger charge is -2.13. The highest BCUT2D eigenvalue weighted by molar-refractivity contribution is 7.89. The fraction of sp³-hybridized carbons (Fsp3) is 0.125. The zero-order valence-electron chi connectivity index (χ0n) is 13.7. The number of imide groups is 1. The minimum Gasteiger partial charge on any atom is -0.324 e. The van der Waals surface area contributed by atoms with Gasteiger partial charge < -0.3 is 4.84 Å². The molecule has 26 heavy (non-hydrogen) atoms. The molecule has 134 valence electrons. The summed E-state index contributed by atoms with van der Waals surface area (Å²) in [4.78, 5) is 45.1. The van der Waals surface area contributed by atoms with Crippen LogP contribution < -0.4 is 0 Å². The number of aromatic nitrogens is 1. The van der Waals surface area contributed by atoms with Gasteiger partial charge in [-0.15, -0.1) is 0 Å². The predicted molar refractivity (Wildman–Crippen MR) is 87.5 cm³/mol. The highest BCUT2D eigenvalue weighted by atomic mass is 32.2. The summed E-state index contributed by atoms with van der Waals surface area (Å²) in [5.74, 6) is -2.52. The van der Waals surface area contributed by atoms with Gasteiger partial charge in [0.25, 0.3) is 21.8 Å². The number of fused-ring (bicyclic) bond motifs is 1. The van der Waals surface area contributed by atoms with Gasteiger partial charge in [0.2, 0.25) is 0 Å². The summed E-state index contributed by atoms with van der Waals surface area (Å²) < 4.78 is 24.9. The van der Waals surface area contributed by atoms with E-state index in [4.69, 9.17) is 4.84 Å². The predicted octanol–water partition coefficient (Wildman–Crippen LogP) is 0.700. The summed E-state index contributed by atoms with van der Waals surface area (Å²) in [7, 11) is -1.05. The van der Waals surface area contributed by atoms with Gasteiger partial charge in [-0.2, -0.15) is 0 Å². The van der Waals surface area contributed by atoms with Gasteiger partial charge >= 0.3 is 5.97 Å². The van der Waals surface area contributed by atoms with E-state index in [1.54, 1.807) is 12.1 Å². The lowest BCUT2D eigenvalue weighted by atomic mass is 10.1. The Kier molecular flexibility index (Phi) is 4.30. The Hall–Kier alpha value is -3.11. The Morgan fingerprint density at radius 2 is 1.62 bits per heavy atom. The maximum atomic E-state index is 12.2. The average molecular weight is 375 g/mol. The molecule has 2 aromatic rings. The SMILES string of the molecule is CN(C)S(=O)(=O)c1ccc(C(=O)ON2C(=O)c3ccccc3C2=O)cn1. The van der Waals surface area contributed by atoms with E-state index in [2.05, 4.69) is 4.98 Å². The van der Waals surface area contributed by atoms with Crippen molar-refractivity contribution in [2.24, 2.45) is 0 Å². The van der Waals surface area contributed by atoms with Crippen LogP contribution in [-0.2, 0) is 14.9 Å². The molecule has 3 rings (SSSR count). The average Bonchev–Trinajstić information content (AvgIpc) is 2.87. The van der Waals surface area contributed by atoms with E-state index in [1.807, 2.05) is 0 Å². The molecule has 0 bridgehead atoms. The molecule has 0 N–H and O–H groups in total. The van der Waals surface area contributed by atoms with Crippen LogP contribution in [0.3, 0.4) is 0 Å². The molecule has 0 saturated carbocycles. The molecule has 2 heterocycles. The molecule has 1 aromatic carbocycles. The number of nitrogens with zero attached hydrogens (tertiary/aromatic N) is 3. The van der Waals surface area contributed by atoms with Crippen molar-refractivity contribution in [1.82, 2.24) is 14.4 Å². The molecule has 1 aromatic heterocycles. The molecule has 0 radical (unpaired) electrons. The van der Waals surface area contributed by atoms with Crippen LogP contribution in [0.4, 0.5) is 0 Å². The fourth-order valence-corrected chi connectivity index (χ4v) is 3.03. The van der Waals surface area contributed by atoms with Gasteiger partial charge in [-0.1, -0.05) is 17.2 Å². The molecule has 1 aliphatic heterocycles. The van der Waals surface area contributed by atoms with E-state index < -0.39 is 27.8 Å². The van der Waals surface area contributed by atoms with Crippen molar-refractivity contribution in [3.63, 3.8) is 0 Å². The zero-order chi connectivity index (χ0) is 19.1. The largest absolute Gasteiger partial charge is 0.365 e. The lowest BCUT2D eigenvalue weighted by molar-refractivity contribution is -0.0584. The summed E-state index contributed by atoms with van der Waals surface area (Å²) in [5.41, 5.74) is 0.158. The first-order valence-electron chi connectivity index (χ1n) is 7.32. The van der Waals surface area contributed by atoms with Crippen molar-refractivity contribution >= 4 is 27.8 Å². The molecule has 0 fully saturated rings. The quantitative estimate of drug-likeness (QED) is 0.723. The van der Waals surface area contributed by atoms with Gasteiger partial charge in [-0.05, 0) is 24.3 Å². The molecule has 10 heteroatoms. The van der Waals surface area contributed by atoms with E-state index in [-0.39, 0.29) is 21.7 Å². The third-order valence-electron chi connectivity index (χ3n) is 3.65. The van der Waals surface area contributed by atoms with Crippen molar-refractivity contribution in [3.05, 3.63) is 59.3 Å². The molecule has 2 amide bonds. The van der Waals surface area contributed by atoms with Gasteiger partial charge in [0.1, 0.15) is 0 Å². The number of rotatable bonds is 4. The number of pyridine rings is 1. The molecule has 0 unspecified atom stereocenters. The summed E-state index contributed by atoms with van der Waals surface area (Å²) in [6, 6.07) is 8.39. The second-order valence-corrected chi connectivity index (χ2v) is 7.60. The van der Waals surface area contributed by atoms with E-state index in [9.17, 15) is 22.8 Å². The Labute approximate surface area is 148 Å². The Morgan fingerprint density at radius 3 is 2.08 bits per heavy atom. The van der Waals surface area contributed by atoms with Gasteiger partial charge in [0.15, 0.2) is 5.03 Å². The first-order valence-corrected chi connectivity index (χ1v) is 8.76. The van der Waals surface area contributed by atoms with E-state index in [1.165, 1.54) is 32.3 Å². The number of carbonyl (C=O) groups excluding carboxylic acids is 3. The van der Waals surface area contributed by atoms with E-state index in [0.717, 1.165) is 16.6 Å². The van der Waals surface area contributed by atoms with Crippen LogP contribution in [0.25, 0.3) is 0 Å². The minimum atomic E-state index is -3.74. The van der Waals surface area contributed by atoms with Gasteiger partial charge in [-0.3, -0.25) is 9.59 Å². The van der Waals surface area contributed by atoms with Crippen LogP contribution in [0.1, 0.15) is 31.1 Å². The van der Waals surface area contributed by atoms with Crippen molar-refractivity contribution in [3.8, 4) is 0 Å². The third-order valence-corrected chi connectivity index (χ3v) is 5.38. The maximum absolute atomic E-state index is 12.2. The number of sulfonamides is 1. The van der Waals surface area contributed by atoms with Gasteiger partial charge in [-0.25, -0.2) is 22.5 Å². The number of amides is 2. The Bertz CT molecular complexity index is 980. The van der Waals surface area contributed by atoms with Crippen LogP contribution in [0, 0.1) is 0 Å². The smallest absolute Gasteiger partial charge is 0.324 e. The number of hydroxylamine groups is 2. The van der Waals surface area contributed by atoms with Crippen LogP contribution in [0.2, 0.25) is 0 Å². The third kappa shape index (κ3) is 2.85. The molecule has 0 aliphatic carbocycles. The van der Waals surface area contributed by atoms with Crippen LogP contribution in [-0.4, -0.2) is 54.6 Å². The van der Waals surface area contributed by atoms with Crippen LogP contribution in [0.5, 0.6) is 0 Å². The first-order chi connectivity index (χ1) is 12.2. The first kappa shape index (κ1) is 17.7. The lowest BCUT2D eigenvalue weighted by Crippen LogP contribution is -2.32. The minimum absolute atomic E-state index is 0.112. The second-order valence-electron chi connectivity index (χ2n) is 5.50. The monoisotopic (exact) mass is 375 g/mol. The van der Waals surface area contributed by atoms with Gasteiger partial charge in [0.05, 0.1) is 16.7 Å². The topological polar surface area (TPSA) is 114 Å². The van der Waals surface area contributed by atoms with Crippen molar-refractivity contribution in [1.29, 1.82) is 0 Å². The Morgan fingerprint density at radius 1 is 1.04 bits per heavy atom. The Balaban J connectivity index is 1.80. The number of benzene rings is 1. The second kappa shape index (κ2) is 6.32. The van der Waals surface area contributed by atoms with Crippen LogP contribution in [0.15, 0.2) is 47.6 Å². The standard InChI is InChI=1S/C16H13N3O6S/c1-18(2)26(23,24)13-8-7-10(9-17-13)16(22)25-19-14(20)11-5-3-4-6-12(11)15(19)21/h3-9H,1-2H3. The summed E-state index contributed by atoms with van der Waals surface area (Å²) >= 11 is 0. The normalized spacial score (nSPS) is 13.9. The van der Waals surface area contributed by atoms with Crippen molar-refractivity contribution in [2.45, 2.75) is 5.03 Å². The van der Waals surface area contributed by atoms with E-state index in [0.29, 0.717) is 5.06 Å². The molecular formula is C16H13N3O6S. The molecule has 0 atom stereocenters. The zero-order valence-corrected chi connectivity index (χ0v) is 14.6. The fourth-order valence-electron chi connectivity index (χ4n) is 2.23. The number of carbonyl (C=O) groups is 3. The molecule has 9 nitrogen and oxygen atoms in total. The van der Waals surface area contributed by atoms with Crippen molar-refractivity contribution < 1.29 is 27.6 Å². The highest BCUT2D eigenvalue weighted by Crippen LogP contribution is 2.23. The number of hydrogen-bond acceptors (Lipinski definition) is 7. The maximum Gasteiger partial charge on any atom is 0.365 e. The highest BCUT2D eigenvalue weighted by Gasteiger charge is 2.38. The van der Waals surface area contributed by atoms with E-state index >= 15 is 0 Å². The van der Waals surface area contributed by atoms with Gasteiger partial charge in [0, 0.05) is 20.3 Å². The van der Waals surface area contributed by atoms with Crippen molar-refractivity contribution in [2.75, 3.05) is 14.1 Å². The molecule has 0 saturated heterocycles. The molecule has 0 spiro atoms. The summed E-state index contributed by atoms with van der Waals surface area (Å²) in [6.45, 7) is 0. The number of hydrogen-bond donors (Lipinski definition) is 0. The summed E-state index contributed by atoms with van der Waals surface area (Å²) in [5, 5.41) is 0.122. The molecule has 1 aliphatic rings.